The van der Waals surface area contributed by atoms with Crippen LogP contribution in [0.3, 0.4) is 0 Å². The Kier molecular flexibility index (Phi) is 5.74. The number of benzene rings is 1. The van der Waals surface area contributed by atoms with E-state index in [0.29, 0.717) is 34.6 Å². The highest BCUT2D eigenvalue weighted by Gasteiger charge is 2.14. The van der Waals surface area contributed by atoms with Crippen LogP contribution in [0.5, 0.6) is 17.2 Å². The van der Waals surface area contributed by atoms with Crippen LogP contribution >= 0.6 is 11.8 Å². The van der Waals surface area contributed by atoms with Crippen molar-refractivity contribution in [1.29, 1.82) is 5.26 Å². The molecule has 0 bridgehead atoms. The first-order valence-electron chi connectivity index (χ1n) is 5.38. The zero-order valence-electron chi connectivity index (χ0n) is 11.2. The molecule has 0 radical (unpaired) electrons. The van der Waals surface area contributed by atoms with E-state index < -0.39 is 5.97 Å². The van der Waals surface area contributed by atoms with Gasteiger partial charge in [-0.1, -0.05) is 0 Å². The molecule has 1 rings (SSSR count). The average molecular weight is 295 g/mol. The monoisotopic (exact) mass is 295 g/mol. The summed E-state index contributed by atoms with van der Waals surface area (Å²) in [5, 5.41) is 19.3. The van der Waals surface area contributed by atoms with Gasteiger partial charge in [0, 0.05) is 0 Å². The molecule has 20 heavy (non-hydrogen) atoms. The van der Waals surface area contributed by atoms with E-state index in [4.69, 9.17) is 24.6 Å². The second-order valence-corrected chi connectivity index (χ2v) is 4.29. The molecule has 1 N–H and O–H groups in total. The molecule has 0 aromatic heterocycles. The fourth-order valence-electron chi connectivity index (χ4n) is 1.52. The quantitative estimate of drug-likeness (QED) is 0.636. The van der Waals surface area contributed by atoms with E-state index in [1.54, 1.807) is 17.5 Å². The molecule has 0 unspecified atom stereocenters. The van der Waals surface area contributed by atoms with Crippen molar-refractivity contribution in [3.8, 4) is 22.6 Å². The van der Waals surface area contributed by atoms with Gasteiger partial charge in [0.25, 0.3) is 0 Å². The molecule has 106 valence electrons. The number of thiocyanates is 1. The maximum absolute atomic E-state index is 11.0. The van der Waals surface area contributed by atoms with E-state index in [-0.39, 0.29) is 4.91 Å². The number of ether oxygens (including phenoxy) is 3. The standard InChI is InChI=1S/C13H13NO5S/c1-17-9-4-8(5-10(18-2)12(9)19-3)6-11(13(15)16)20-7-14/h4-6H,1-3H3,(H,15,16)/b11-6+. The molecule has 0 spiro atoms. The highest BCUT2D eigenvalue weighted by atomic mass is 32.2. The number of carbonyl (C=O) groups is 1. The summed E-state index contributed by atoms with van der Waals surface area (Å²) < 4.78 is 15.5. The summed E-state index contributed by atoms with van der Waals surface area (Å²) >= 11 is 0.570. The van der Waals surface area contributed by atoms with Crippen molar-refractivity contribution in [2.45, 2.75) is 0 Å². The van der Waals surface area contributed by atoms with Crippen molar-refractivity contribution in [2.75, 3.05) is 21.3 Å². The summed E-state index contributed by atoms with van der Waals surface area (Å²) in [5.41, 5.74) is 0.527. The van der Waals surface area contributed by atoms with Gasteiger partial charge < -0.3 is 19.3 Å². The predicted octanol–water partition coefficient (Wildman–Crippen LogP) is 2.35. The van der Waals surface area contributed by atoms with Crippen LogP contribution in [-0.4, -0.2) is 32.4 Å². The topological polar surface area (TPSA) is 88.8 Å². The Labute approximate surface area is 120 Å². The van der Waals surface area contributed by atoms with E-state index in [2.05, 4.69) is 0 Å². The van der Waals surface area contributed by atoms with Crippen LogP contribution in [0.2, 0.25) is 0 Å². The normalized spacial score (nSPS) is 10.6. The first-order chi connectivity index (χ1) is 9.57. The molecule has 0 saturated heterocycles. The van der Waals surface area contributed by atoms with Gasteiger partial charge in [-0.2, -0.15) is 5.26 Å². The van der Waals surface area contributed by atoms with Crippen molar-refractivity contribution >= 4 is 23.8 Å². The SMILES string of the molecule is COc1cc(/C=C(/SC#N)C(=O)O)cc(OC)c1OC. The molecule has 1 aromatic carbocycles. The third-order valence-electron chi connectivity index (χ3n) is 2.35. The second kappa shape index (κ2) is 7.31. The minimum atomic E-state index is -1.18. The molecule has 0 aliphatic carbocycles. The number of thioether (sulfide) groups is 1. The number of nitriles is 1. The number of aliphatic carboxylic acids is 1. The largest absolute Gasteiger partial charge is 0.493 e. The molecular formula is C13H13NO5S. The minimum Gasteiger partial charge on any atom is -0.493 e. The van der Waals surface area contributed by atoms with Gasteiger partial charge in [-0.3, -0.25) is 0 Å². The number of carboxylic acid groups (broad SMARTS) is 1. The predicted molar refractivity (Wildman–Crippen MR) is 74.9 cm³/mol. The highest BCUT2D eigenvalue weighted by molar-refractivity contribution is 8.08. The molecule has 7 heteroatoms. The minimum absolute atomic E-state index is 0.0956. The van der Waals surface area contributed by atoms with Crippen LogP contribution < -0.4 is 14.2 Å². The lowest BCUT2D eigenvalue weighted by atomic mass is 10.1. The second-order valence-electron chi connectivity index (χ2n) is 3.47. The molecule has 1 aromatic rings. The van der Waals surface area contributed by atoms with E-state index in [1.807, 2.05) is 0 Å². The number of hydrogen-bond donors (Lipinski definition) is 1. The Morgan fingerprint density at radius 2 is 1.80 bits per heavy atom. The van der Waals surface area contributed by atoms with Crippen molar-refractivity contribution in [1.82, 2.24) is 0 Å². The van der Waals surface area contributed by atoms with Crippen LogP contribution in [0.25, 0.3) is 6.08 Å². The summed E-state index contributed by atoms with van der Waals surface area (Å²) in [6.07, 6.45) is 1.36. The highest BCUT2D eigenvalue weighted by Crippen LogP contribution is 2.39. The van der Waals surface area contributed by atoms with E-state index in [0.717, 1.165) is 0 Å². The number of nitrogens with zero attached hydrogens (tertiary/aromatic N) is 1. The fourth-order valence-corrected chi connectivity index (χ4v) is 1.90. The van der Waals surface area contributed by atoms with Crippen molar-refractivity contribution in [3.63, 3.8) is 0 Å². The maximum atomic E-state index is 11.0. The van der Waals surface area contributed by atoms with Crippen LogP contribution in [0.4, 0.5) is 0 Å². The Balaban J connectivity index is 3.36. The average Bonchev–Trinajstić information content (AvgIpc) is 2.45. The van der Waals surface area contributed by atoms with Gasteiger partial charge in [-0.15, -0.1) is 0 Å². The van der Waals surface area contributed by atoms with Crippen LogP contribution in [0, 0.1) is 10.7 Å². The summed E-state index contributed by atoms with van der Waals surface area (Å²) in [6.45, 7) is 0. The molecular weight excluding hydrogens is 282 g/mol. The van der Waals surface area contributed by atoms with Crippen molar-refractivity contribution in [2.24, 2.45) is 0 Å². The molecule has 0 saturated carbocycles. The van der Waals surface area contributed by atoms with Crippen LogP contribution in [-0.2, 0) is 4.79 Å². The third-order valence-corrected chi connectivity index (χ3v) is 2.95. The first-order valence-corrected chi connectivity index (χ1v) is 6.20. The lowest BCUT2D eigenvalue weighted by molar-refractivity contribution is -0.131. The molecule has 0 amide bonds. The summed E-state index contributed by atoms with van der Waals surface area (Å²) in [6, 6.07) is 3.20. The Morgan fingerprint density at radius 1 is 1.25 bits per heavy atom. The maximum Gasteiger partial charge on any atom is 0.343 e. The Morgan fingerprint density at radius 3 is 2.15 bits per heavy atom. The van der Waals surface area contributed by atoms with Crippen LogP contribution in [0.1, 0.15) is 5.56 Å². The van der Waals surface area contributed by atoms with Gasteiger partial charge in [-0.05, 0) is 35.5 Å². The van der Waals surface area contributed by atoms with Gasteiger partial charge in [-0.25, -0.2) is 4.79 Å². The zero-order valence-corrected chi connectivity index (χ0v) is 12.0. The molecule has 0 aliphatic heterocycles. The van der Waals surface area contributed by atoms with E-state index in [1.165, 1.54) is 27.4 Å². The van der Waals surface area contributed by atoms with Crippen LogP contribution in [0.15, 0.2) is 17.0 Å². The van der Waals surface area contributed by atoms with Gasteiger partial charge in [0.1, 0.15) is 10.3 Å². The summed E-state index contributed by atoms with van der Waals surface area (Å²) in [7, 11) is 4.41. The Bertz CT molecular complexity index is 552. The third kappa shape index (κ3) is 3.59. The molecule has 0 aliphatic rings. The van der Waals surface area contributed by atoms with E-state index >= 15 is 0 Å². The first kappa shape index (κ1) is 15.7. The Hall–Kier alpha value is -2.33. The summed E-state index contributed by atoms with van der Waals surface area (Å²) in [5.74, 6) is 0.0526. The number of rotatable bonds is 6. The van der Waals surface area contributed by atoms with Crippen molar-refractivity contribution < 1.29 is 24.1 Å². The molecule has 0 heterocycles. The molecule has 6 nitrogen and oxygen atoms in total. The molecule has 0 fully saturated rings. The summed E-state index contributed by atoms with van der Waals surface area (Å²) in [4.78, 5) is 10.9. The number of hydrogen-bond acceptors (Lipinski definition) is 6. The van der Waals surface area contributed by atoms with Crippen molar-refractivity contribution in [3.05, 3.63) is 22.6 Å². The van der Waals surface area contributed by atoms with Gasteiger partial charge in [0.15, 0.2) is 11.5 Å². The fraction of sp³-hybridized carbons (Fsp3) is 0.231. The van der Waals surface area contributed by atoms with Gasteiger partial charge in [0.2, 0.25) is 5.75 Å². The lowest BCUT2D eigenvalue weighted by Crippen LogP contribution is -1.98. The number of methoxy groups -OCH3 is 3. The number of carboxylic acids is 1. The molecule has 0 atom stereocenters. The lowest BCUT2D eigenvalue weighted by Gasteiger charge is -2.13. The van der Waals surface area contributed by atoms with Gasteiger partial charge >= 0.3 is 5.97 Å². The van der Waals surface area contributed by atoms with Gasteiger partial charge in [0.05, 0.1) is 21.3 Å². The van der Waals surface area contributed by atoms with E-state index in [9.17, 15) is 4.79 Å². The zero-order chi connectivity index (χ0) is 15.1. The smallest absolute Gasteiger partial charge is 0.343 e.